The number of carbonyl (C=O) groups is 2. The molecule has 0 aliphatic heterocycles. The summed E-state index contributed by atoms with van der Waals surface area (Å²) in [5.74, 6) is -0.309. The van der Waals surface area contributed by atoms with Crippen LogP contribution in [0.2, 0.25) is 0 Å². The summed E-state index contributed by atoms with van der Waals surface area (Å²) in [5, 5.41) is 8.42. The molecule has 0 spiro atoms. The zero-order valence-corrected chi connectivity index (χ0v) is 20.0. The molecular weight excluding hydrogens is 400 g/mol. The highest BCUT2D eigenvalue weighted by molar-refractivity contribution is 6.01. The molecule has 0 saturated heterocycles. The van der Waals surface area contributed by atoms with Crippen molar-refractivity contribution >= 4 is 23.2 Å². The lowest BCUT2D eigenvalue weighted by Gasteiger charge is -2.07. The number of hydrogen-bond acceptors (Lipinski definition) is 4. The lowest BCUT2D eigenvalue weighted by molar-refractivity contribution is -0.123. The maximum atomic E-state index is 12.0. The van der Waals surface area contributed by atoms with Crippen molar-refractivity contribution in [3.8, 4) is 0 Å². The first-order valence-corrected chi connectivity index (χ1v) is 11.0. The molecule has 0 heterocycles. The number of nitrogens with zero attached hydrogens (tertiary/aromatic N) is 2. The van der Waals surface area contributed by atoms with Gasteiger partial charge in [0.05, 0.1) is 11.4 Å². The second kappa shape index (κ2) is 11.9. The molecule has 0 unspecified atom stereocenters. The van der Waals surface area contributed by atoms with Gasteiger partial charge in [0, 0.05) is 24.0 Å². The molecule has 2 rings (SSSR count). The Labute approximate surface area is 191 Å². The van der Waals surface area contributed by atoms with Gasteiger partial charge in [-0.2, -0.15) is 10.2 Å². The van der Waals surface area contributed by atoms with E-state index in [-0.39, 0.29) is 11.8 Å². The number of unbranched alkanes of at least 4 members (excludes halogenated alkanes) is 1. The molecule has 32 heavy (non-hydrogen) atoms. The molecule has 6 heteroatoms. The van der Waals surface area contributed by atoms with Crippen molar-refractivity contribution < 1.29 is 9.59 Å². The first-order chi connectivity index (χ1) is 15.2. The van der Waals surface area contributed by atoms with Gasteiger partial charge in [-0.3, -0.25) is 9.59 Å². The maximum Gasteiger partial charge on any atom is 0.240 e. The van der Waals surface area contributed by atoms with E-state index >= 15 is 0 Å². The molecule has 0 atom stereocenters. The van der Waals surface area contributed by atoms with E-state index in [1.165, 1.54) is 11.1 Å². The van der Waals surface area contributed by atoms with Gasteiger partial charge in [0.1, 0.15) is 0 Å². The van der Waals surface area contributed by atoms with Crippen LogP contribution in [0, 0.1) is 27.7 Å². The van der Waals surface area contributed by atoms with Gasteiger partial charge in [-0.25, -0.2) is 10.9 Å². The minimum absolute atomic E-state index is 0.154. The maximum absolute atomic E-state index is 12.0. The minimum Gasteiger partial charge on any atom is -0.273 e. The summed E-state index contributed by atoms with van der Waals surface area (Å²) in [5.41, 5.74) is 13.4. The molecule has 0 radical (unpaired) electrons. The van der Waals surface area contributed by atoms with Crippen molar-refractivity contribution in [1.29, 1.82) is 0 Å². The SMILES string of the molecule is CC(=NNC(=O)CCCCC(=O)NN=C(C)c1ccc(C)cc1C)c1ccc(C)cc1C. The van der Waals surface area contributed by atoms with Crippen LogP contribution in [0.25, 0.3) is 0 Å². The molecule has 0 fully saturated rings. The highest BCUT2D eigenvalue weighted by Gasteiger charge is 2.07. The molecular formula is C26H34N4O2. The fourth-order valence-electron chi connectivity index (χ4n) is 3.53. The summed E-state index contributed by atoms with van der Waals surface area (Å²) < 4.78 is 0. The first kappa shape index (κ1) is 25.0. The predicted octanol–water partition coefficient (Wildman–Crippen LogP) is 4.86. The lowest BCUT2D eigenvalue weighted by Crippen LogP contribution is -2.20. The zero-order chi connectivity index (χ0) is 23.7. The summed E-state index contributed by atoms with van der Waals surface area (Å²) in [4.78, 5) is 24.1. The smallest absolute Gasteiger partial charge is 0.240 e. The number of amides is 2. The van der Waals surface area contributed by atoms with Crippen LogP contribution >= 0.6 is 0 Å². The van der Waals surface area contributed by atoms with Crippen LogP contribution < -0.4 is 10.9 Å². The number of aryl methyl sites for hydroxylation is 4. The summed E-state index contributed by atoms with van der Waals surface area (Å²) in [7, 11) is 0. The molecule has 0 aliphatic rings. The number of nitrogens with one attached hydrogen (secondary N) is 2. The van der Waals surface area contributed by atoms with Crippen molar-refractivity contribution in [2.45, 2.75) is 67.2 Å². The molecule has 170 valence electrons. The molecule has 6 nitrogen and oxygen atoms in total. The Hall–Kier alpha value is -3.28. The van der Waals surface area contributed by atoms with Crippen LogP contribution in [0.3, 0.4) is 0 Å². The van der Waals surface area contributed by atoms with Crippen molar-refractivity contribution in [3.05, 3.63) is 69.8 Å². The molecule has 0 aromatic heterocycles. The Bertz CT molecular complexity index is 955. The number of benzene rings is 2. The predicted molar refractivity (Wildman–Crippen MR) is 131 cm³/mol. The highest BCUT2D eigenvalue weighted by atomic mass is 16.2. The number of hydrazone groups is 2. The van der Waals surface area contributed by atoms with Crippen molar-refractivity contribution in [2.24, 2.45) is 10.2 Å². The standard InChI is InChI=1S/C26H34N4O2/c1-17-11-13-23(19(3)15-17)21(5)27-29-25(31)9-7-8-10-26(32)30-28-22(6)24-14-12-18(2)16-20(24)4/h11-16H,7-10H2,1-6H3,(H,29,31)(H,30,32). The van der Waals surface area contributed by atoms with E-state index in [0.29, 0.717) is 25.7 Å². The molecule has 2 amide bonds. The van der Waals surface area contributed by atoms with E-state index in [9.17, 15) is 9.59 Å². The van der Waals surface area contributed by atoms with Gasteiger partial charge >= 0.3 is 0 Å². The van der Waals surface area contributed by atoms with Gasteiger partial charge in [-0.15, -0.1) is 0 Å². The Morgan fingerprint density at radius 3 is 1.41 bits per heavy atom. The van der Waals surface area contributed by atoms with Gasteiger partial charge in [0.2, 0.25) is 11.8 Å². The third kappa shape index (κ3) is 7.76. The Balaban J connectivity index is 1.72. The third-order valence-electron chi connectivity index (χ3n) is 5.30. The summed E-state index contributed by atoms with van der Waals surface area (Å²) in [6.07, 6.45) is 1.86. The zero-order valence-electron chi connectivity index (χ0n) is 20.0. The van der Waals surface area contributed by atoms with Crippen LogP contribution in [-0.4, -0.2) is 23.2 Å². The van der Waals surface area contributed by atoms with E-state index in [1.54, 1.807) is 0 Å². The van der Waals surface area contributed by atoms with E-state index in [2.05, 4.69) is 33.2 Å². The number of hydrogen-bond donors (Lipinski definition) is 2. The highest BCUT2D eigenvalue weighted by Crippen LogP contribution is 2.12. The average molecular weight is 435 g/mol. The number of rotatable bonds is 9. The van der Waals surface area contributed by atoms with Crippen molar-refractivity contribution in [2.75, 3.05) is 0 Å². The molecule has 2 aromatic carbocycles. The average Bonchev–Trinajstić information content (AvgIpc) is 2.73. The normalized spacial score (nSPS) is 11.9. The largest absolute Gasteiger partial charge is 0.273 e. The van der Waals surface area contributed by atoms with Crippen molar-refractivity contribution in [1.82, 2.24) is 10.9 Å². The summed E-state index contributed by atoms with van der Waals surface area (Å²) >= 11 is 0. The van der Waals surface area contributed by atoms with Crippen LogP contribution in [0.5, 0.6) is 0 Å². The third-order valence-corrected chi connectivity index (χ3v) is 5.30. The molecule has 0 aliphatic carbocycles. The van der Waals surface area contributed by atoms with Crippen LogP contribution in [0.15, 0.2) is 46.6 Å². The number of carbonyl (C=O) groups excluding carboxylic acids is 2. The Kier molecular flexibility index (Phi) is 9.32. The topological polar surface area (TPSA) is 82.9 Å². The second-order valence-electron chi connectivity index (χ2n) is 8.31. The second-order valence-corrected chi connectivity index (χ2v) is 8.31. The van der Waals surface area contributed by atoms with Gasteiger partial charge in [0.15, 0.2) is 0 Å². The lowest BCUT2D eigenvalue weighted by atomic mass is 10.0. The van der Waals surface area contributed by atoms with E-state index in [1.807, 2.05) is 65.8 Å². The Morgan fingerprint density at radius 1 is 0.688 bits per heavy atom. The van der Waals surface area contributed by atoms with Crippen LogP contribution in [-0.2, 0) is 9.59 Å². The van der Waals surface area contributed by atoms with Crippen molar-refractivity contribution in [3.63, 3.8) is 0 Å². The molecule has 0 bridgehead atoms. The fraction of sp³-hybridized carbons (Fsp3) is 0.385. The first-order valence-electron chi connectivity index (χ1n) is 11.0. The monoisotopic (exact) mass is 434 g/mol. The Morgan fingerprint density at radius 2 is 1.06 bits per heavy atom. The van der Waals surface area contributed by atoms with Gasteiger partial charge in [-0.1, -0.05) is 47.5 Å². The summed E-state index contributed by atoms with van der Waals surface area (Å²) in [6, 6.07) is 12.3. The summed E-state index contributed by atoms with van der Waals surface area (Å²) in [6.45, 7) is 11.9. The minimum atomic E-state index is -0.154. The molecule has 0 saturated carbocycles. The van der Waals surface area contributed by atoms with Gasteiger partial charge in [0.25, 0.3) is 0 Å². The fourth-order valence-corrected chi connectivity index (χ4v) is 3.53. The van der Waals surface area contributed by atoms with E-state index in [4.69, 9.17) is 0 Å². The van der Waals surface area contributed by atoms with Crippen LogP contribution in [0.4, 0.5) is 0 Å². The van der Waals surface area contributed by atoms with E-state index in [0.717, 1.165) is 33.7 Å². The van der Waals surface area contributed by atoms with Crippen LogP contribution in [0.1, 0.15) is 72.9 Å². The molecule has 2 aromatic rings. The molecule has 2 N–H and O–H groups in total. The van der Waals surface area contributed by atoms with Gasteiger partial charge < -0.3 is 0 Å². The van der Waals surface area contributed by atoms with Gasteiger partial charge in [-0.05, 0) is 65.5 Å². The quantitative estimate of drug-likeness (QED) is 0.336. The van der Waals surface area contributed by atoms with E-state index < -0.39 is 0 Å².